The predicted octanol–water partition coefficient (Wildman–Crippen LogP) is 1.53. The van der Waals surface area contributed by atoms with E-state index in [-0.39, 0.29) is 11.3 Å². The van der Waals surface area contributed by atoms with Gasteiger partial charge in [-0.2, -0.15) is 0 Å². The molecule has 0 atom stereocenters. The van der Waals surface area contributed by atoms with Crippen LogP contribution in [0.4, 0.5) is 4.79 Å². The number of hydrogen-bond donors (Lipinski definition) is 2. The van der Waals surface area contributed by atoms with Crippen LogP contribution in [-0.2, 0) is 9.53 Å². The average molecular weight is 340 g/mol. The first-order valence-electron chi connectivity index (χ1n) is 7.39. The van der Waals surface area contributed by atoms with E-state index in [0.29, 0.717) is 11.1 Å². The van der Waals surface area contributed by atoms with Gasteiger partial charge in [0.25, 0.3) is 5.91 Å². The Kier molecular flexibility index (Phi) is 6.00. The Morgan fingerprint density at radius 2 is 1.40 bits per heavy atom. The minimum Gasteiger partial charge on any atom is -0.452 e. The summed E-state index contributed by atoms with van der Waals surface area (Å²) in [5.41, 5.74) is 1.17. The van der Waals surface area contributed by atoms with Gasteiger partial charge in [-0.1, -0.05) is 42.5 Å². The molecule has 0 aliphatic heterocycles. The Labute approximate surface area is 144 Å². The second-order valence-electron chi connectivity index (χ2n) is 4.98. The number of ketones is 1. The number of carbonyl (C=O) groups is 4. The summed E-state index contributed by atoms with van der Waals surface area (Å²) >= 11 is 0. The van der Waals surface area contributed by atoms with Crippen LogP contribution in [0.1, 0.15) is 26.3 Å². The summed E-state index contributed by atoms with van der Waals surface area (Å²) in [6.07, 6.45) is 0. The summed E-state index contributed by atoms with van der Waals surface area (Å²) in [6, 6.07) is 14.0. The van der Waals surface area contributed by atoms with Crippen LogP contribution in [0, 0.1) is 0 Å². The van der Waals surface area contributed by atoms with Gasteiger partial charge in [-0.05, 0) is 12.1 Å². The quantitative estimate of drug-likeness (QED) is 0.635. The third-order valence-corrected chi connectivity index (χ3v) is 3.23. The number of rotatable bonds is 5. The largest absolute Gasteiger partial charge is 0.452 e. The molecule has 0 bridgehead atoms. The fourth-order valence-corrected chi connectivity index (χ4v) is 1.95. The fourth-order valence-electron chi connectivity index (χ4n) is 1.95. The molecule has 0 saturated carbocycles. The molecule has 2 rings (SSSR count). The highest BCUT2D eigenvalue weighted by molar-refractivity contribution is 6.09. The molecule has 0 unspecified atom stereocenters. The Balaban J connectivity index is 1.95. The van der Waals surface area contributed by atoms with Crippen molar-refractivity contribution in [3.05, 3.63) is 71.3 Å². The molecule has 128 valence electrons. The van der Waals surface area contributed by atoms with Crippen LogP contribution in [0.25, 0.3) is 0 Å². The van der Waals surface area contributed by atoms with E-state index >= 15 is 0 Å². The van der Waals surface area contributed by atoms with Gasteiger partial charge >= 0.3 is 12.0 Å². The summed E-state index contributed by atoms with van der Waals surface area (Å²) in [5.74, 6) is -1.64. The molecule has 7 heteroatoms. The number of nitrogens with one attached hydrogen (secondary N) is 2. The lowest BCUT2D eigenvalue weighted by Crippen LogP contribution is -2.39. The van der Waals surface area contributed by atoms with Crippen molar-refractivity contribution in [1.82, 2.24) is 10.6 Å². The van der Waals surface area contributed by atoms with Crippen molar-refractivity contribution < 1.29 is 23.9 Å². The summed E-state index contributed by atoms with van der Waals surface area (Å²) in [6.45, 7) is -0.586. The lowest BCUT2D eigenvalue weighted by Gasteiger charge is -2.06. The van der Waals surface area contributed by atoms with Crippen molar-refractivity contribution in [3.63, 3.8) is 0 Å². The summed E-state index contributed by atoms with van der Waals surface area (Å²) < 4.78 is 4.80. The van der Waals surface area contributed by atoms with E-state index in [0.717, 1.165) is 0 Å². The smallest absolute Gasteiger partial charge is 0.338 e. The molecule has 2 aromatic rings. The van der Waals surface area contributed by atoms with Crippen LogP contribution in [0.3, 0.4) is 0 Å². The molecular formula is C18H16N2O5. The number of hydrogen-bond acceptors (Lipinski definition) is 5. The predicted molar refractivity (Wildman–Crippen MR) is 89.2 cm³/mol. The van der Waals surface area contributed by atoms with Gasteiger partial charge in [0.1, 0.15) is 0 Å². The first-order valence-corrected chi connectivity index (χ1v) is 7.39. The Hall–Kier alpha value is -3.48. The normalized spacial score (nSPS) is 9.80. The van der Waals surface area contributed by atoms with E-state index in [4.69, 9.17) is 4.74 Å². The first kappa shape index (κ1) is 17.9. The molecule has 0 radical (unpaired) electrons. The zero-order chi connectivity index (χ0) is 18.2. The third-order valence-electron chi connectivity index (χ3n) is 3.23. The van der Waals surface area contributed by atoms with Crippen LogP contribution in [-0.4, -0.2) is 37.3 Å². The lowest BCUT2D eigenvalue weighted by molar-refractivity contribution is -0.123. The molecule has 3 amide bonds. The van der Waals surface area contributed by atoms with Crippen molar-refractivity contribution in [3.8, 4) is 0 Å². The molecule has 25 heavy (non-hydrogen) atoms. The van der Waals surface area contributed by atoms with E-state index < -0.39 is 24.5 Å². The lowest BCUT2D eigenvalue weighted by atomic mass is 10.0. The molecule has 2 aromatic carbocycles. The average Bonchev–Trinajstić information content (AvgIpc) is 2.66. The van der Waals surface area contributed by atoms with Crippen molar-refractivity contribution >= 4 is 23.7 Å². The number of esters is 1. The Morgan fingerprint density at radius 1 is 0.840 bits per heavy atom. The van der Waals surface area contributed by atoms with Crippen LogP contribution in [0.15, 0.2) is 54.6 Å². The van der Waals surface area contributed by atoms with E-state index in [1.165, 1.54) is 31.3 Å². The van der Waals surface area contributed by atoms with Crippen molar-refractivity contribution in [2.24, 2.45) is 0 Å². The van der Waals surface area contributed by atoms with Crippen LogP contribution < -0.4 is 10.6 Å². The molecule has 0 saturated heterocycles. The van der Waals surface area contributed by atoms with Crippen LogP contribution in [0.2, 0.25) is 0 Å². The number of ether oxygens (including phenoxy) is 1. The van der Waals surface area contributed by atoms with Gasteiger partial charge in [-0.25, -0.2) is 9.59 Å². The highest BCUT2D eigenvalue weighted by atomic mass is 16.5. The molecule has 0 spiro atoms. The van der Waals surface area contributed by atoms with Crippen molar-refractivity contribution in [2.75, 3.05) is 13.7 Å². The van der Waals surface area contributed by atoms with Gasteiger partial charge in [0.05, 0.1) is 5.56 Å². The highest BCUT2D eigenvalue weighted by Crippen LogP contribution is 2.11. The molecule has 0 fully saturated rings. The van der Waals surface area contributed by atoms with Gasteiger partial charge in [-0.3, -0.25) is 14.9 Å². The molecule has 0 aliphatic carbocycles. The van der Waals surface area contributed by atoms with E-state index in [2.05, 4.69) is 5.32 Å². The van der Waals surface area contributed by atoms with E-state index in [1.54, 1.807) is 24.3 Å². The Morgan fingerprint density at radius 3 is 2.00 bits per heavy atom. The van der Waals surface area contributed by atoms with Gasteiger partial charge in [-0.15, -0.1) is 0 Å². The third kappa shape index (κ3) is 5.00. The maximum atomic E-state index is 12.3. The maximum Gasteiger partial charge on any atom is 0.338 e. The zero-order valence-electron chi connectivity index (χ0n) is 13.4. The number of amides is 3. The molecule has 0 heterocycles. The molecule has 0 aromatic heterocycles. The summed E-state index contributed by atoms with van der Waals surface area (Å²) in [4.78, 5) is 46.4. The minimum atomic E-state index is -0.747. The first-order chi connectivity index (χ1) is 12.0. The van der Waals surface area contributed by atoms with Gasteiger partial charge < -0.3 is 10.1 Å². The summed E-state index contributed by atoms with van der Waals surface area (Å²) in [5, 5.41) is 4.17. The minimum absolute atomic E-state index is 0.162. The van der Waals surface area contributed by atoms with Crippen LogP contribution in [0.5, 0.6) is 0 Å². The molecule has 2 N–H and O–H groups in total. The van der Waals surface area contributed by atoms with Gasteiger partial charge in [0.15, 0.2) is 12.4 Å². The van der Waals surface area contributed by atoms with Gasteiger partial charge in [0, 0.05) is 18.2 Å². The Bertz CT molecular complexity index is 785. The number of urea groups is 1. The van der Waals surface area contributed by atoms with E-state index in [1.807, 2.05) is 11.4 Å². The van der Waals surface area contributed by atoms with Crippen molar-refractivity contribution in [2.45, 2.75) is 0 Å². The highest BCUT2D eigenvalue weighted by Gasteiger charge is 2.13. The molecule has 0 aliphatic rings. The monoisotopic (exact) mass is 340 g/mol. The van der Waals surface area contributed by atoms with E-state index in [9.17, 15) is 19.2 Å². The number of carbonyl (C=O) groups excluding carboxylic acids is 4. The number of benzene rings is 2. The molecular weight excluding hydrogens is 324 g/mol. The standard InChI is InChI=1S/C18H16N2O5/c1-19-18(24)20-15(21)11-25-17(23)14-9-7-13(8-10-14)16(22)12-5-3-2-4-6-12/h2-10H,11H2,1H3,(H2,19,20,21,24). The second kappa shape index (κ2) is 8.39. The second-order valence-corrected chi connectivity index (χ2v) is 4.98. The zero-order valence-corrected chi connectivity index (χ0v) is 13.4. The van der Waals surface area contributed by atoms with Crippen molar-refractivity contribution in [1.29, 1.82) is 0 Å². The van der Waals surface area contributed by atoms with Crippen LogP contribution >= 0.6 is 0 Å². The van der Waals surface area contributed by atoms with Gasteiger partial charge in [0.2, 0.25) is 0 Å². The number of imide groups is 1. The summed E-state index contributed by atoms with van der Waals surface area (Å²) in [7, 11) is 1.35. The topological polar surface area (TPSA) is 102 Å². The maximum absolute atomic E-state index is 12.3. The fraction of sp³-hybridized carbons (Fsp3) is 0.111. The SMILES string of the molecule is CNC(=O)NC(=O)COC(=O)c1ccc(C(=O)c2ccccc2)cc1. The molecule has 7 nitrogen and oxygen atoms in total.